The van der Waals surface area contributed by atoms with Crippen LogP contribution in [0.2, 0.25) is 0 Å². The van der Waals surface area contributed by atoms with Crippen LogP contribution in [-0.4, -0.2) is 30.6 Å². The molecule has 0 aliphatic carbocycles. The minimum Gasteiger partial charge on any atom is -0.484 e. The summed E-state index contributed by atoms with van der Waals surface area (Å²) in [5.41, 5.74) is 2.38. The van der Waals surface area contributed by atoms with E-state index in [1.165, 1.54) is 0 Å². The second-order valence-corrected chi connectivity index (χ2v) is 4.40. The van der Waals surface area contributed by atoms with E-state index in [9.17, 15) is 4.79 Å². The summed E-state index contributed by atoms with van der Waals surface area (Å²) in [6, 6.07) is 11.1. The van der Waals surface area contributed by atoms with E-state index >= 15 is 0 Å². The zero-order valence-corrected chi connectivity index (χ0v) is 10.3. The summed E-state index contributed by atoms with van der Waals surface area (Å²) in [5, 5.41) is 0. The van der Waals surface area contributed by atoms with Crippen molar-refractivity contribution in [3.8, 4) is 17.0 Å². The number of aldehydes is 1. The van der Waals surface area contributed by atoms with Crippen molar-refractivity contribution in [1.29, 1.82) is 0 Å². The minimum absolute atomic E-state index is 0.144. The van der Waals surface area contributed by atoms with Gasteiger partial charge in [-0.05, 0) is 18.2 Å². The van der Waals surface area contributed by atoms with Crippen molar-refractivity contribution in [2.24, 2.45) is 0 Å². The first-order valence-electron chi connectivity index (χ1n) is 6.11. The largest absolute Gasteiger partial charge is 0.484 e. The second-order valence-electron chi connectivity index (χ2n) is 4.40. The molecule has 0 unspecified atom stereocenters. The number of pyridine rings is 1. The Hall–Kier alpha value is -2.20. The van der Waals surface area contributed by atoms with Gasteiger partial charge in [0.15, 0.2) is 0 Å². The lowest BCUT2D eigenvalue weighted by molar-refractivity contribution is -0.0797. The lowest BCUT2D eigenvalue weighted by atomic mass is 10.1. The molecule has 1 saturated heterocycles. The van der Waals surface area contributed by atoms with Gasteiger partial charge in [-0.2, -0.15) is 0 Å². The van der Waals surface area contributed by atoms with Crippen molar-refractivity contribution in [3.05, 3.63) is 48.2 Å². The van der Waals surface area contributed by atoms with Crippen molar-refractivity contribution in [2.45, 2.75) is 6.10 Å². The summed E-state index contributed by atoms with van der Waals surface area (Å²) < 4.78 is 10.7. The summed E-state index contributed by atoms with van der Waals surface area (Å²) in [6.45, 7) is 1.28. The normalized spacial score (nSPS) is 14.7. The molecule has 1 aliphatic rings. The quantitative estimate of drug-likeness (QED) is 0.787. The molecule has 0 saturated carbocycles. The van der Waals surface area contributed by atoms with Gasteiger partial charge in [0.05, 0.1) is 25.1 Å². The molecule has 3 rings (SSSR count). The summed E-state index contributed by atoms with van der Waals surface area (Å²) in [4.78, 5) is 15.1. The third-order valence-electron chi connectivity index (χ3n) is 2.97. The Bertz CT molecular complexity index is 576. The zero-order valence-electron chi connectivity index (χ0n) is 10.3. The number of nitrogens with zero attached hydrogens (tertiary/aromatic N) is 1. The van der Waals surface area contributed by atoms with Crippen LogP contribution in [0.1, 0.15) is 10.4 Å². The molecule has 4 heteroatoms. The topological polar surface area (TPSA) is 48.4 Å². The molecule has 1 fully saturated rings. The Morgan fingerprint density at radius 1 is 1.26 bits per heavy atom. The van der Waals surface area contributed by atoms with Crippen molar-refractivity contribution >= 4 is 6.29 Å². The number of ether oxygens (including phenoxy) is 2. The number of benzene rings is 1. The summed E-state index contributed by atoms with van der Waals surface area (Å²) >= 11 is 0. The van der Waals surface area contributed by atoms with Crippen LogP contribution >= 0.6 is 0 Å². The average molecular weight is 255 g/mol. The third-order valence-corrected chi connectivity index (χ3v) is 2.97. The number of hydrogen-bond acceptors (Lipinski definition) is 4. The highest BCUT2D eigenvalue weighted by Gasteiger charge is 2.20. The van der Waals surface area contributed by atoms with Crippen LogP contribution in [0.25, 0.3) is 11.3 Å². The van der Waals surface area contributed by atoms with E-state index in [2.05, 4.69) is 4.98 Å². The van der Waals surface area contributed by atoms with Crippen LogP contribution in [0.3, 0.4) is 0 Å². The smallest absolute Gasteiger partial charge is 0.150 e. The Morgan fingerprint density at radius 3 is 2.79 bits per heavy atom. The molecule has 0 N–H and O–H groups in total. The van der Waals surface area contributed by atoms with Gasteiger partial charge in [-0.25, -0.2) is 0 Å². The van der Waals surface area contributed by atoms with Crippen molar-refractivity contribution < 1.29 is 14.3 Å². The molecule has 0 atom stereocenters. The maximum absolute atomic E-state index is 10.8. The highest BCUT2D eigenvalue weighted by atomic mass is 16.6. The van der Waals surface area contributed by atoms with Gasteiger partial charge in [0.2, 0.25) is 0 Å². The fourth-order valence-corrected chi connectivity index (χ4v) is 1.87. The first-order chi connectivity index (χ1) is 9.35. The maximum atomic E-state index is 10.8. The molecule has 2 aromatic rings. The standard InChI is InChI=1S/C15H13NO3/c17-8-11-2-1-3-12(6-11)15-5-4-13(7-16-15)19-14-9-18-10-14/h1-8,14H,9-10H2. The molecule has 0 spiro atoms. The summed E-state index contributed by atoms with van der Waals surface area (Å²) in [5.74, 6) is 0.739. The maximum Gasteiger partial charge on any atom is 0.150 e. The zero-order chi connectivity index (χ0) is 13.1. The molecule has 1 aromatic heterocycles. The highest BCUT2D eigenvalue weighted by molar-refractivity contribution is 5.78. The van der Waals surface area contributed by atoms with Crippen LogP contribution in [0.5, 0.6) is 5.75 Å². The van der Waals surface area contributed by atoms with Crippen molar-refractivity contribution in [1.82, 2.24) is 4.98 Å². The van der Waals surface area contributed by atoms with Crippen LogP contribution in [-0.2, 0) is 4.74 Å². The predicted octanol–water partition coefficient (Wildman–Crippen LogP) is 2.34. The van der Waals surface area contributed by atoms with E-state index < -0.39 is 0 Å². The predicted molar refractivity (Wildman–Crippen MR) is 70.3 cm³/mol. The third kappa shape index (κ3) is 2.63. The van der Waals surface area contributed by atoms with E-state index in [4.69, 9.17) is 9.47 Å². The van der Waals surface area contributed by atoms with Gasteiger partial charge < -0.3 is 9.47 Å². The van der Waals surface area contributed by atoms with Crippen LogP contribution in [0.15, 0.2) is 42.6 Å². The fraction of sp³-hybridized carbons (Fsp3) is 0.200. The lowest BCUT2D eigenvalue weighted by Gasteiger charge is -2.26. The molecule has 2 heterocycles. The van der Waals surface area contributed by atoms with Gasteiger partial charge in [0.25, 0.3) is 0 Å². The number of carbonyl (C=O) groups is 1. The Balaban J connectivity index is 1.78. The molecular formula is C15H13NO3. The summed E-state index contributed by atoms with van der Waals surface area (Å²) in [7, 11) is 0. The molecule has 96 valence electrons. The Morgan fingerprint density at radius 2 is 2.16 bits per heavy atom. The van der Waals surface area contributed by atoms with E-state index in [0.29, 0.717) is 18.8 Å². The van der Waals surface area contributed by atoms with Crippen molar-refractivity contribution in [3.63, 3.8) is 0 Å². The minimum atomic E-state index is 0.144. The number of rotatable bonds is 4. The van der Waals surface area contributed by atoms with Crippen LogP contribution in [0.4, 0.5) is 0 Å². The lowest BCUT2D eigenvalue weighted by Crippen LogP contribution is -2.38. The molecule has 0 bridgehead atoms. The monoisotopic (exact) mass is 255 g/mol. The average Bonchev–Trinajstić information content (AvgIpc) is 2.44. The molecule has 1 aromatic carbocycles. The van der Waals surface area contributed by atoms with Gasteiger partial charge >= 0.3 is 0 Å². The van der Waals surface area contributed by atoms with Gasteiger partial charge in [0.1, 0.15) is 18.1 Å². The molecular weight excluding hydrogens is 242 g/mol. The molecule has 1 aliphatic heterocycles. The first-order valence-corrected chi connectivity index (χ1v) is 6.11. The van der Waals surface area contributed by atoms with Crippen LogP contribution < -0.4 is 4.74 Å². The number of carbonyl (C=O) groups excluding carboxylic acids is 1. The summed E-state index contributed by atoms with van der Waals surface area (Å²) in [6.07, 6.45) is 2.67. The molecule has 4 nitrogen and oxygen atoms in total. The van der Waals surface area contributed by atoms with Gasteiger partial charge in [-0.1, -0.05) is 18.2 Å². The van der Waals surface area contributed by atoms with Gasteiger partial charge in [0, 0.05) is 11.1 Å². The second kappa shape index (κ2) is 5.20. The SMILES string of the molecule is O=Cc1cccc(-c2ccc(OC3COC3)cn2)c1. The number of hydrogen-bond donors (Lipinski definition) is 0. The van der Waals surface area contributed by atoms with E-state index in [1.807, 2.05) is 30.3 Å². The Labute approximate surface area is 111 Å². The van der Waals surface area contributed by atoms with E-state index in [-0.39, 0.29) is 6.10 Å². The molecule has 19 heavy (non-hydrogen) atoms. The van der Waals surface area contributed by atoms with Crippen LogP contribution in [0, 0.1) is 0 Å². The molecule has 0 amide bonds. The fourth-order valence-electron chi connectivity index (χ4n) is 1.87. The van der Waals surface area contributed by atoms with E-state index in [0.717, 1.165) is 23.3 Å². The number of aromatic nitrogens is 1. The first kappa shape index (κ1) is 11.9. The molecule has 0 radical (unpaired) electrons. The highest BCUT2D eigenvalue weighted by Crippen LogP contribution is 2.21. The van der Waals surface area contributed by atoms with Gasteiger partial charge in [-0.3, -0.25) is 9.78 Å². The van der Waals surface area contributed by atoms with Crippen molar-refractivity contribution in [2.75, 3.05) is 13.2 Å². The van der Waals surface area contributed by atoms with E-state index in [1.54, 1.807) is 12.3 Å². The van der Waals surface area contributed by atoms with Gasteiger partial charge in [-0.15, -0.1) is 0 Å². The Kier molecular flexibility index (Phi) is 3.25.